The third-order valence-electron chi connectivity index (χ3n) is 2.02. The number of nitrogens with zero attached hydrogens (tertiary/aromatic N) is 2. The van der Waals surface area contributed by atoms with E-state index in [2.05, 4.69) is 47.6 Å². The van der Waals surface area contributed by atoms with E-state index < -0.39 is 0 Å². The van der Waals surface area contributed by atoms with Gasteiger partial charge in [0, 0.05) is 8.95 Å². The highest BCUT2D eigenvalue weighted by molar-refractivity contribution is 9.11. The Kier molecular flexibility index (Phi) is 4.28. The van der Waals surface area contributed by atoms with Gasteiger partial charge in [-0.25, -0.2) is 0 Å². The quantitative estimate of drug-likeness (QED) is 0.587. The second-order valence-corrected chi connectivity index (χ2v) is 5.04. The minimum atomic E-state index is 0.775. The maximum Gasteiger partial charge on any atom is 0.102 e. The van der Waals surface area contributed by atoms with Gasteiger partial charge in [0.15, 0.2) is 0 Å². The van der Waals surface area contributed by atoms with Crippen LogP contribution in [0.15, 0.2) is 67.8 Å². The smallest absolute Gasteiger partial charge is 0.102 e. The third-order valence-corrected chi connectivity index (χ3v) is 3.15. The van der Waals surface area contributed by atoms with Crippen LogP contribution in [0.5, 0.6) is 0 Å². The first-order valence-electron chi connectivity index (χ1n) is 4.92. The van der Waals surface area contributed by atoms with Gasteiger partial charge in [0.1, 0.15) is 5.69 Å². The lowest BCUT2D eigenvalue weighted by atomic mass is 10.3. The molecule has 0 aromatic heterocycles. The third kappa shape index (κ3) is 3.64. The minimum Gasteiger partial charge on any atom is -0.260 e. The first-order chi connectivity index (χ1) is 8.25. The van der Waals surface area contributed by atoms with Crippen molar-refractivity contribution in [1.82, 2.24) is 0 Å². The van der Waals surface area contributed by atoms with Gasteiger partial charge in [0.05, 0.1) is 5.69 Å². The van der Waals surface area contributed by atoms with Crippen LogP contribution in [0.4, 0.5) is 11.4 Å². The standard InChI is InChI=1S/C12H9Br2N3/c13-9-6-7-12(11(14)8-9)16-17-15-10-4-2-1-3-5-10/h1-8H,(H,15,16). The van der Waals surface area contributed by atoms with Crippen LogP contribution in [0, 0.1) is 0 Å². The molecule has 0 saturated carbocycles. The SMILES string of the molecule is Brc1ccc(N=NNc2ccccc2)c(Br)c1. The lowest BCUT2D eigenvalue weighted by Crippen LogP contribution is -1.84. The van der Waals surface area contributed by atoms with Crippen molar-refractivity contribution in [2.75, 3.05) is 5.43 Å². The summed E-state index contributed by atoms with van der Waals surface area (Å²) < 4.78 is 1.89. The van der Waals surface area contributed by atoms with E-state index in [1.807, 2.05) is 48.5 Å². The fraction of sp³-hybridized carbons (Fsp3) is 0. The van der Waals surface area contributed by atoms with E-state index in [1.54, 1.807) is 0 Å². The largest absolute Gasteiger partial charge is 0.260 e. The van der Waals surface area contributed by atoms with Crippen LogP contribution in [-0.2, 0) is 0 Å². The number of nitrogens with one attached hydrogen (secondary N) is 1. The van der Waals surface area contributed by atoms with Crippen LogP contribution in [0.3, 0.4) is 0 Å². The molecule has 2 aromatic carbocycles. The molecule has 0 aliphatic rings. The van der Waals surface area contributed by atoms with E-state index in [0.717, 1.165) is 20.3 Å². The molecule has 86 valence electrons. The summed E-state index contributed by atoms with van der Waals surface area (Å²) in [6.45, 7) is 0. The van der Waals surface area contributed by atoms with Crippen LogP contribution < -0.4 is 5.43 Å². The molecule has 5 heteroatoms. The summed E-state index contributed by atoms with van der Waals surface area (Å²) >= 11 is 6.81. The summed E-state index contributed by atoms with van der Waals surface area (Å²) in [5.74, 6) is 0. The second kappa shape index (κ2) is 5.93. The zero-order chi connectivity index (χ0) is 12.1. The van der Waals surface area contributed by atoms with Crippen molar-refractivity contribution in [2.24, 2.45) is 10.3 Å². The number of halogens is 2. The number of hydrogen-bond donors (Lipinski definition) is 1. The Morgan fingerprint density at radius 1 is 0.941 bits per heavy atom. The molecule has 0 heterocycles. The summed E-state index contributed by atoms with van der Waals surface area (Å²) in [6, 6.07) is 15.4. The molecule has 0 amide bonds. The van der Waals surface area contributed by atoms with Gasteiger partial charge >= 0.3 is 0 Å². The zero-order valence-electron chi connectivity index (χ0n) is 8.77. The minimum absolute atomic E-state index is 0.775. The van der Waals surface area contributed by atoms with Gasteiger partial charge in [-0.15, -0.1) is 5.11 Å². The summed E-state index contributed by atoms with van der Waals surface area (Å²) in [7, 11) is 0. The van der Waals surface area contributed by atoms with Gasteiger partial charge in [-0.2, -0.15) is 0 Å². The van der Waals surface area contributed by atoms with Gasteiger partial charge in [0.2, 0.25) is 0 Å². The molecular weight excluding hydrogens is 346 g/mol. The van der Waals surface area contributed by atoms with Gasteiger partial charge in [-0.3, -0.25) is 5.43 Å². The van der Waals surface area contributed by atoms with Crippen molar-refractivity contribution in [1.29, 1.82) is 0 Å². The monoisotopic (exact) mass is 353 g/mol. The molecule has 1 N–H and O–H groups in total. The Labute approximate surface area is 116 Å². The average molecular weight is 355 g/mol. The number of hydrogen-bond acceptors (Lipinski definition) is 2. The Hall–Kier alpha value is -1.20. The van der Waals surface area contributed by atoms with Gasteiger partial charge in [-0.1, -0.05) is 39.4 Å². The second-order valence-electron chi connectivity index (χ2n) is 3.27. The van der Waals surface area contributed by atoms with E-state index in [9.17, 15) is 0 Å². The molecule has 0 saturated heterocycles. The Morgan fingerprint density at radius 2 is 1.71 bits per heavy atom. The number of anilines is 1. The molecular formula is C12H9Br2N3. The first-order valence-corrected chi connectivity index (χ1v) is 6.51. The summed E-state index contributed by atoms with van der Waals surface area (Å²) in [5, 5.41) is 8.02. The summed E-state index contributed by atoms with van der Waals surface area (Å²) in [5.41, 5.74) is 4.54. The van der Waals surface area contributed by atoms with Crippen molar-refractivity contribution in [3.05, 3.63) is 57.5 Å². The van der Waals surface area contributed by atoms with Crippen LogP contribution in [-0.4, -0.2) is 0 Å². The predicted molar refractivity (Wildman–Crippen MR) is 76.4 cm³/mol. The highest BCUT2D eigenvalue weighted by atomic mass is 79.9. The molecule has 0 aliphatic heterocycles. The lowest BCUT2D eigenvalue weighted by Gasteiger charge is -1.99. The van der Waals surface area contributed by atoms with E-state index in [1.165, 1.54) is 0 Å². The van der Waals surface area contributed by atoms with Crippen molar-refractivity contribution in [2.45, 2.75) is 0 Å². The Morgan fingerprint density at radius 3 is 2.41 bits per heavy atom. The first kappa shape index (κ1) is 12.3. The summed E-state index contributed by atoms with van der Waals surface area (Å²) in [4.78, 5) is 0. The van der Waals surface area contributed by atoms with Crippen molar-refractivity contribution < 1.29 is 0 Å². The fourth-order valence-corrected chi connectivity index (χ4v) is 2.34. The van der Waals surface area contributed by atoms with Crippen molar-refractivity contribution in [3.63, 3.8) is 0 Å². The van der Waals surface area contributed by atoms with Gasteiger partial charge in [0.25, 0.3) is 0 Å². The molecule has 0 bridgehead atoms. The highest BCUT2D eigenvalue weighted by Gasteiger charge is 1.98. The normalized spacial score (nSPS) is 10.7. The van der Waals surface area contributed by atoms with E-state index in [4.69, 9.17) is 0 Å². The van der Waals surface area contributed by atoms with Crippen molar-refractivity contribution >= 4 is 43.2 Å². The Balaban J connectivity index is 2.06. The fourth-order valence-electron chi connectivity index (χ4n) is 1.21. The van der Waals surface area contributed by atoms with Gasteiger partial charge < -0.3 is 0 Å². The topological polar surface area (TPSA) is 36.8 Å². The average Bonchev–Trinajstić information content (AvgIpc) is 2.33. The Bertz CT molecular complexity index is 527. The number of benzene rings is 2. The van der Waals surface area contributed by atoms with E-state index in [0.29, 0.717) is 0 Å². The predicted octanol–water partition coefficient (Wildman–Crippen LogP) is 5.32. The molecule has 0 fully saturated rings. The molecule has 0 unspecified atom stereocenters. The maximum absolute atomic E-state index is 4.09. The summed E-state index contributed by atoms with van der Waals surface area (Å²) in [6.07, 6.45) is 0. The van der Waals surface area contributed by atoms with Crippen LogP contribution in [0.1, 0.15) is 0 Å². The molecule has 0 radical (unpaired) electrons. The molecule has 0 atom stereocenters. The molecule has 0 aliphatic carbocycles. The molecule has 2 aromatic rings. The van der Waals surface area contributed by atoms with Crippen LogP contribution in [0.2, 0.25) is 0 Å². The molecule has 3 nitrogen and oxygen atoms in total. The molecule has 2 rings (SSSR count). The maximum atomic E-state index is 4.09. The number of para-hydroxylation sites is 1. The van der Waals surface area contributed by atoms with Crippen molar-refractivity contribution in [3.8, 4) is 0 Å². The molecule has 17 heavy (non-hydrogen) atoms. The number of rotatable bonds is 3. The van der Waals surface area contributed by atoms with Crippen LogP contribution >= 0.6 is 31.9 Å². The molecule has 0 spiro atoms. The zero-order valence-corrected chi connectivity index (χ0v) is 11.9. The van der Waals surface area contributed by atoms with Gasteiger partial charge in [-0.05, 0) is 46.3 Å². The van der Waals surface area contributed by atoms with E-state index >= 15 is 0 Å². The van der Waals surface area contributed by atoms with Crippen LogP contribution in [0.25, 0.3) is 0 Å². The van der Waals surface area contributed by atoms with E-state index in [-0.39, 0.29) is 0 Å². The highest BCUT2D eigenvalue weighted by Crippen LogP contribution is 2.28. The lowest BCUT2D eigenvalue weighted by molar-refractivity contribution is 1.13.